The van der Waals surface area contributed by atoms with E-state index in [1.165, 1.54) is 22.5 Å². The molecule has 3 aromatic carbocycles. The molecule has 1 N–H and O–H groups in total. The Balaban J connectivity index is 1.52. The van der Waals surface area contributed by atoms with Gasteiger partial charge in [-0.1, -0.05) is 54.6 Å². The number of hydrogen-bond acceptors (Lipinski definition) is 6. The second kappa shape index (κ2) is 10.1. The molecular weight excluding hydrogens is 456 g/mol. The van der Waals surface area contributed by atoms with Gasteiger partial charge in [0, 0.05) is 44.0 Å². The van der Waals surface area contributed by atoms with E-state index < -0.39 is 21.0 Å². The van der Waals surface area contributed by atoms with Crippen LogP contribution in [0.25, 0.3) is 0 Å². The van der Waals surface area contributed by atoms with Crippen molar-refractivity contribution in [3.05, 3.63) is 101 Å². The number of piperazine rings is 1. The van der Waals surface area contributed by atoms with E-state index in [1.807, 2.05) is 65.6 Å². The third-order valence-electron chi connectivity index (χ3n) is 5.71. The van der Waals surface area contributed by atoms with Gasteiger partial charge in [-0.15, -0.1) is 0 Å². The highest BCUT2D eigenvalue weighted by molar-refractivity contribution is 7.89. The smallest absolute Gasteiger partial charge is 0.270 e. The van der Waals surface area contributed by atoms with Crippen LogP contribution in [-0.4, -0.2) is 54.6 Å². The van der Waals surface area contributed by atoms with Crippen molar-refractivity contribution >= 4 is 27.3 Å². The van der Waals surface area contributed by atoms with Gasteiger partial charge in [0.25, 0.3) is 5.69 Å². The number of para-hydroxylation sites is 1. The molecule has 34 heavy (non-hydrogen) atoms. The SMILES string of the molecule is O=C(Nc1ccccc1)C(c1ccccc1)N1CCN(S(=O)(=O)c2cccc([N+](=O)[O-])c2)CC1. The van der Waals surface area contributed by atoms with E-state index >= 15 is 0 Å². The normalized spacial score (nSPS) is 16.0. The van der Waals surface area contributed by atoms with Gasteiger partial charge in [-0.2, -0.15) is 4.31 Å². The lowest BCUT2D eigenvalue weighted by Crippen LogP contribution is -2.51. The van der Waals surface area contributed by atoms with Crippen LogP contribution in [0.1, 0.15) is 11.6 Å². The number of sulfonamides is 1. The minimum atomic E-state index is -3.90. The average Bonchev–Trinajstić information content (AvgIpc) is 2.86. The van der Waals surface area contributed by atoms with Gasteiger partial charge < -0.3 is 5.32 Å². The van der Waals surface area contributed by atoms with Gasteiger partial charge in [0.1, 0.15) is 6.04 Å². The maximum Gasteiger partial charge on any atom is 0.270 e. The number of amides is 1. The summed E-state index contributed by atoms with van der Waals surface area (Å²) in [5.41, 5.74) is 1.22. The largest absolute Gasteiger partial charge is 0.324 e. The minimum Gasteiger partial charge on any atom is -0.324 e. The van der Waals surface area contributed by atoms with Crippen LogP contribution in [0, 0.1) is 10.1 Å². The zero-order valence-corrected chi connectivity index (χ0v) is 19.1. The van der Waals surface area contributed by atoms with Gasteiger partial charge in [-0.05, 0) is 23.8 Å². The van der Waals surface area contributed by atoms with Crippen molar-refractivity contribution in [2.75, 3.05) is 31.5 Å². The molecule has 1 atom stereocenters. The Morgan fingerprint density at radius 1 is 0.882 bits per heavy atom. The summed E-state index contributed by atoms with van der Waals surface area (Å²) in [7, 11) is -3.90. The Hall–Kier alpha value is -3.60. The lowest BCUT2D eigenvalue weighted by Gasteiger charge is -2.38. The quantitative estimate of drug-likeness (QED) is 0.410. The number of hydrogen-bond donors (Lipinski definition) is 1. The van der Waals surface area contributed by atoms with Gasteiger partial charge in [-0.3, -0.25) is 19.8 Å². The summed E-state index contributed by atoms with van der Waals surface area (Å²) in [5, 5.41) is 14.0. The van der Waals surface area contributed by atoms with Crippen LogP contribution < -0.4 is 5.32 Å². The van der Waals surface area contributed by atoms with Crippen LogP contribution in [0.4, 0.5) is 11.4 Å². The number of nitrogens with one attached hydrogen (secondary N) is 1. The van der Waals surface area contributed by atoms with Gasteiger partial charge in [0.15, 0.2) is 0 Å². The predicted octanol–water partition coefficient (Wildman–Crippen LogP) is 3.28. The Morgan fingerprint density at radius 3 is 2.12 bits per heavy atom. The van der Waals surface area contributed by atoms with E-state index in [1.54, 1.807) is 0 Å². The molecule has 3 aromatic rings. The number of nitro benzene ring substituents is 1. The molecule has 1 saturated heterocycles. The molecular formula is C24H24N4O5S. The molecule has 0 radical (unpaired) electrons. The van der Waals surface area contributed by atoms with Crippen molar-refractivity contribution in [2.24, 2.45) is 0 Å². The lowest BCUT2D eigenvalue weighted by molar-refractivity contribution is -0.385. The molecule has 0 saturated carbocycles. The first kappa shape index (κ1) is 23.6. The first-order valence-electron chi connectivity index (χ1n) is 10.8. The van der Waals surface area contributed by atoms with E-state index in [0.717, 1.165) is 11.6 Å². The number of non-ortho nitro benzene ring substituents is 1. The molecule has 1 aliphatic heterocycles. The summed E-state index contributed by atoms with van der Waals surface area (Å²) in [4.78, 5) is 25.5. The number of rotatable bonds is 7. The summed E-state index contributed by atoms with van der Waals surface area (Å²) in [6, 6.07) is 23.0. The molecule has 9 nitrogen and oxygen atoms in total. The fraction of sp³-hybridized carbons (Fsp3) is 0.208. The Labute approximate surface area is 197 Å². The zero-order chi connectivity index (χ0) is 24.1. The van der Waals surface area contributed by atoms with E-state index in [9.17, 15) is 23.3 Å². The fourth-order valence-electron chi connectivity index (χ4n) is 4.00. The van der Waals surface area contributed by atoms with Crippen molar-refractivity contribution in [3.8, 4) is 0 Å². The molecule has 0 spiro atoms. The first-order valence-corrected chi connectivity index (χ1v) is 12.2. The van der Waals surface area contributed by atoms with E-state index in [0.29, 0.717) is 18.8 Å². The fourth-order valence-corrected chi connectivity index (χ4v) is 5.47. The maximum atomic E-state index is 13.3. The van der Waals surface area contributed by atoms with Crippen molar-refractivity contribution in [1.82, 2.24) is 9.21 Å². The number of nitro groups is 1. The summed E-state index contributed by atoms with van der Waals surface area (Å²) in [6.45, 7) is 0.978. The van der Waals surface area contributed by atoms with Gasteiger partial charge in [-0.25, -0.2) is 8.42 Å². The highest BCUT2D eigenvalue weighted by Gasteiger charge is 2.35. The molecule has 1 unspecified atom stereocenters. The molecule has 1 fully saturated rings. The third-order valence-corrected chi connectivity index (χ3v) is 7.60. The number of nitrogens with zero attached hydrogens (tertiary/aromatic N) is 3. The molecule has 1 heterocycles. The Kier molecular flexibility index (Phi) is 7.01. The molecule has 0 aliphatic carbocycles. The van der Waals surface area contributed by atoms with Gasteiger partial charge >= 0.3 is 0 Å². The number of benzene rings is 3. The van der Waals surface area contributed by atoms with Crippen molar-refractivity contribution in [1.29, 1.82) is 0 Å². The molecule has 0 bridgehead atoms. The van der Waals surface area contributed by atoms with Crippen LogP contribution in [0.3, 0.4) is 0 Å². The summed E-state index contributed by atoms with van der Waals surface area (Å²) in [5.74, 6) is -0.201. The van der Waals surface area contributed by atoms with Crippen LogP contribution in [0.2, 0.25) is 0 Å². The third kappa shape index (κ3) is 5.14. The molecule has 4 rings (SSSR count). The summed E-state index contributed by atoms with van der Waals surface area (Å²) < 4.78 is 27.5. The minimum absolute atomic E-state index is 0.114. The molecule has 1 aliphatic rings. The Bertz CT molecular complexity index is 1260. The van der Waals surface area contributed by atoms with Crippen LogP contribution >= 0.6 is 0 Å². The topological polar surface area (TPSA) is 113 Å². The van der Waals surface area contributed by atoms with Crippen molar-refractivity contribution in [2.45, 2.75) is 10.9 Å². The predicted molar refractivity (Wildman–Crippen MR) is 128 cm³/mol. The van der Waals surface area contributed by atoms with Gasteiger partial charge in [0.05, 0.1) is 9.82 Å². The van der Waals surface area contributed by atoms with Gasteiger partial charge in [0.2, 0.25) is 15.9 Å². The second-order valence-electron chi connectivity index (χ2n) is 7.86. The number of carbonyl (C=O) groups excluding carboxylic acids is 1. The molecule has 176 valence electrons. The van der Waals surface area contributed by atoms with E-state index in [4.69, 9.17) is 0 Å². The number of carbonyl (C=O) groups is 1. The van der Waals surface area contributed by atoms with E-state index in [-0.39, 0.29) is 29.6 Å². The standard InChI is InChI=1S/C24H24N4O5S/c29-24(25-20-10-5-2-6-11-20)23(19-8-3-1-4-9-19)26-14-16-27(17-15-26)34(32,33)22-13-7-12-21(18-22)28(30)31/h1-13,18,23H,14-17H2,(H,25,29). The first-order chi connectivity index (χ1) is 16.4. The highest BCUT2D eigenvalue weighted by atomic mass is 32.2. The monoisotopic (exact) mass is 480 g/mol. The molecule has 10 heteroatoms. The highest BCUT2D eigenvalue weighted by Crippen LogP contribution is 2.27. The number of anilines is 1. The molecule has 0 aromatic heterocycles. The van der Waals surface area contributed by atoms with Crippen LogP contribution in [0.5, 0.6) is 0 Å². The lowest BCUT2D eigenvalue weighted by atomic mass is 10.0. The summed E-state index contributed by atoms with van der Waals surface area (Å²) in [6.07, 6.45) is 0. The zero-order valence-electron chi connectivity index (χ0n) is 18.3. The van der Waals surface area contributed by atoms with Crippen molar-refractivity contribution < 1.29 is 18.1 Å². The summed E-state index contributed by atoms with van der Waals surface area (Å²) >= 11 is 0. The van der Waals surface area contributed by atoms with Crippen LogP contribution in [0.15, 0.2) is 89.8 Å². The van der Waals surface area contributed by atoms with Crippen LogP contribution in [-0.2, 0) is 14.8 Å². The second-order valence-corrected chi connectivity index (χ2v) is 9.80. The molecule has 1 amide bonds. The Morgan fingerprint density at radius 2 is 1.50 bits per heavy atom. The van der Waals surface area contributed by atoms with E-state index in [2.05, 4.69) is 5.32 Å². The maximum absolute atomic E-state index is 13.3. The average molecular weight is 481 g/mol. The van der Waals surface area contributed by atoms with Crippen molar-refractivity contribution in [3.63, 3.8) is 0 Å².